The first kappa shape index (κ1) is 18.8. The number of carbonyl (C=O) groups is 1. The summed E-state index contributed by atoms with van der Waals surface area (Å²) < 4.78 is 20.3. The molecule has 29 heavy (non-hydrogen) atoms. The van der Waals surface area contributed by atoms with Gasteiger partial charge in [-0.3, -0.25) is 4.79 Å². The second kappa shape index (κ2) is 8.65. The highest BCUT2D eigenvalue weighted by Crippen LogP contribution is 2.35. The Morgan fingerprint density at radius 1 is 1.14 bits per heavy atom. The Labute approximate surface area is 169 Å². The number of hydrogen-bond acceptors (Lipinski definition) is 7. The number of benzene rings is 2. The topological polar surface area (TPSA) is 98.7 Å². The highest BCUT2D eigenvalue weighted by atomic mass is 32.2. The van der Waals surface area contributed by atoms with Crippen molar-refractivity contribution in [2.45, 2.75) is 17.0 Å². The normalized spacial score (nSPS) is 11.9. The van der Waals surface area contributed by atoms with Crippen LogP contribution < -0.4 is 5.32 Å². The van der Waals surface area contributed by atoms with Crippen LogP contribution in [-0.4, -0.2) is 30.9 Å². The number of anilines is 1. The Bertz CT molecular complexity index is 1070. The van der Waals surface area contributed by atoms with E-state index in [-0.39, 0.29) is 23.5 Å². The molecule has 2 aromatic heterocycles. The number of thioether (sulfide) groups is 1. The zero-order valence-electron chi connectivity index (χ0n) is 15.0. The van der Waals surface area contributed by atoms with Crippen LogP contribution in [0.25, 0.3) is 0 Å². The van der Waals surface area contributed by atoms with Gasteiger partial charge in [0.1, 0.15) is 30.3 Å². The Kier molecular flexibility index (Phi) is 5.61. The molecule has 2 aromatic carbocycles. The number of amides is 1. The van der Waals surface area contributed by atoms with Crippen LogP contribution in [-0.2, 0) is 11.3 Å². The molecule has 2 heterocycles. The predicted octanol–water partition coefficient (Wildman–Crippen LogP) is 3.32. The molecule has 0 saturated heterocycles. The molecule has 0 aliphatic carbocycles. The fourth-order valence-electron chi connectivity index (χ4n) is 2.55. The monoisotopic (exact) mass is 410 g/mol. The number of halogens is 1. The number of nitrogens with one attached hydrogen (secondary N) is 1. The fourth-order valence-corrected chi connectivity index (χ4v) is 3.44. The fraction of sp³-hybridized carbons (Fsp3) is 0.105. The van der Waals surface area contributed by atoms with Gasteiger partial charge in [0.15, 0.2) is 0 Å². The summed E-state index contributed by atoms with van der Waals surface area (Å²) in [4.78, 5) is 16.8. The van der Waals surface area contributed by atoms with E-state index in [2.05, 4.69) is 25.6 Å². The molecule has 4 rings (SSSR count). The lowest BCUT2D eigenvalue weighted by molar-refractivity contribution is -0.115. The van der Waals surface area contributed by atoms with Crippen molar-refractivity contribution in [2.24, 2.45) is 0 Å². The molecule has 0 aliphatic heterocycles. The van der Waals surface area contributed by atoms with Crippen LogP contribution >= 0.6 is 11.8 Å². The van der Waals surface area contributed by atoms with Crippen LogP contribution in [0.15, 0.2) is 76.9 Å². The molecule has 4 aromatic rings. The Balaban J connectivity index is 1.52. The number of hydrogen-bond donors (Lipinski definition) is 1. The van der Waals surface area contributed by atoms with E-state index in [9.17, 15) is 9.18 Å². The van der Waals surface area contributed by atoms with Crippen molar-refractivity contribution in [3.8, 4) is 0 Å². The molecule has 1 unspecified atom stereocenters. The van der Waals surface area contributed by atoms with Gasteiger partial charge in [0.05, 0.1) is 0 Å². The smallest absolute Gasteiger partial charge is 0.277 e. The molecule has 10 heteroatoms. The molecule has 0 saturated carbocycles. The molecule has 1 amide bonds. The van der Waals surface area contributed by atoms with Gasteiger partial charge in [-0.1, -0.05) is 30.3 Å². The van der Waals surface area contributed by atoms with Gasteiger partial charge in [-0.2, -0.15) is 5.10 Å². The average molecular weight is 410 g/mol. The summed E-state index contributed by atoms with van der Waals surface area (Å²) in [7, 11) is 0. The molecule has 8 nitrogen and oxygen atoms in total. The van der Waals surface area contributed by atoms with Crippen molar-refractivity contribution in [3.63, 3.8) is 0 Å². The van der Waals surface area contributed by atoms with E-state index in [0.29, 0.717) is 11.6 Å². The summed E-state index contributed by atoms with van der Waals surface area (Å²) in [5.74, 6) is -0.310. The Morgan fingerprint density at radius 3 is 2.66 bits per heavy atom. The van der Waals surface area contributed by atoms with E-state index >= 15 is 0 Å². The minimum absolute atomic E-state index is 0.253. The molecule has 0 fully saturated rings. The van der Waals surface area contributed by atoms with Crippen molar-refractivity contribution >= 4 is 23.4 Å². The number of aromatic nitrogens is 5. The quantitative estimate of drug-likeness (QED) is 0.467. The van der Waals surface area contributed by atoms with E-state index in [1.165, 1.54) is 30.6 Å². The predicted molar refractivity (Wildman–Crippen MR) is 103 cm³/mol. The number of nitrogens with zero attached hydrogens (tertiary/aromatic N) is 5. The van der Waals surface area contributed by atoms with Crippen LogP contribution in [0.4, 0.5) is 10.1 Å². The van der Waals surface area contributed by atoms with E-state index in [1.807, 2.05) is 30.3 Å². The maximum Gasteiger partial charge on any atom is 0.277 e. The first-order valence-corrected chi connectivity index (χ1v) is 9.48. The van der Waals surface area contributed by atoms with Crippen LogP contribution in [0.3, 0.4) is 0 Å². The third-order valence-electron chi connectivity index (χ3n) is 3.88. The summed E-state index contributed by atoms with van der Waals surface area (Å²) in [6.07, 6.45) is 2.96. The summed E-state index contributed by atoms with van der Waals surface area (Å²) in [5, 5.41) is 14.4. The molecular weight excluding hydrogens is 395 g/mol. The summed E-state index contributed by atoms with van der Waals surface area (Å²) in [6, 6.07) is 14.8. The highest BCUT2D eigenvalue weighted by Gasteiger charge is 2.25. The van der Waals surface area contributed by atoms with Crippen molar-refractivity contribution < 1.29 is 13.6 Å². The highest BCUT2D eigenvalue weighted by molar-refractivity contribution is 8.00. The van der Waals surface area contributed by atoms with Gasteiger partial charge in [-0.05, 0) is 41.6 Å². The van der Waals surface area contributed by atoms with Gasteiger partial charge >= 0.3 is 0 Å². The maximum atomic E-state index is 13.1. The largest absolute Gasteiger partial charge is 0.414 e. The Hall–Kier alpha value is -3.53. The van der Waals surface area contributed by atoms with E-state index < -0.39 is 5.25 Å². The third-order valence-corrected chi connectivity index (χ3v) is 4.97. The first-order valence-electron chi connectivity index (χ1n) is 8.60. The number of carbonyl (C=O) groups excluding carboxylic acids is 1. The van der Waals surface area contributed by atoms with Gasteiger partial charge in [0.2, 0.25) is 11.8 Å². The zero-order valence-corrected chi connectivity index (χ0v) is 15.8. The van der Waals surface area contributed by atoms with E-state index in [4.69, 9.17) is 4.42 Å². The molecule has 146 valence electrons. The maximum absolute atomic E-state index is 13.1. The second-order valence-electron chi connectivity index (χ2n) is 5.96. The average Bonchev–Trinajstić information content (AvgIpc) is 3.41. The molecule has 0 spiro atoms. The van der Waals surface area contributed by atoms with Gasteiger partial charge in [-0.25, -0.2) is 14.1 Å². The summed E-state index contributed by atoms with van der Waals surface area (Å²) in [6.45, 7) is 0.283. The second-order valence-corrected chi connectivity index (χ2v) is 7.02. The summed E-state index contributed by atoms with van der Waals surface area (Å²) in [5.41, 5.74) is 1.27. The SMILES string of the molecule is O=C(Nc1ccc(F)cc1)C(Sc1nnc(Cn2cncn2)o1)c1ccccc1. The molecule has 0 radical (unpaired) electrons. The lowest BCUT2D eigenvalue weighted by Gasteiger charge is -2.15. The lowest BCUT2D eigenvalue weighted by atomic mass is 10.1. The third kappa shape index (κ3) is 4.85. The van der Waals surface area contributed by atoms with Gasteiger partial charge in [0.25, 0.3) is 5.22 Å². The summed E-state index contributed by atoms with van der Waals surface area (Å²) >= 11 is 1.13. The van der Waals surface area contributed by atoms with Crippen molar-refractivity contribution in [1.82, 2.24) is 25.0 Å². The zero-order chi connectivity index (χ0) is 20.1. The minimum Gasteiger partial charge on any atom is -0.414 e. The molecule has 1 atom stereocenters. The van der Waals surface area contributed by atoms with Crippen LogP contribution in [0.1, 0.15) is 16.7 Å². The van der Waals surface area contributed by atoms with Crippen LogP contribution in [0, 0.1) is 5.82 Å². The van der Waals surface area contributed by atoms with E-state index in [0.717, 1.165) is 17.3 Å². The minimum atomic E-state index is -0.638. The lowest BCUT2D eigenvalue weighted by Crippen LogP contribution is -2.19. The standard InChI is InChI=1S/C19H15FN6O2S/c20-14-6-8-15(9-7-14)23-18(27)17(13-4-2-1-3-5-13)29-19-25-24-16(28-19)10-26-12-21-11-22-26/h1-9,11-12,17H,10H2,(H,23,27). The molecular formula is C19H15FN6O2S. The van der Waals surface area contributed by atoms with Crippen molar-refractivity contribution in [1.29, 1.82) is 0 Å². The molecule has 0 bridgehead atoms. The molecule has 0 aliphatic rings. The Morgan fingerprint density at radius 2 is 1.93 bits per heavy atom. The van der Waals surface area contributed by atoms with Crippen LogP contribution in [0.5, 0.6) is 0 Å². The van der Waals surface area contributed by atoms with Crippen molar-refractivity contribution in [3.05, 3.63) is 84.5 Å². The van der Waals surface area contributed by atoms with Gasteiger partial charge in [-0.15, -0.1) is 10.2 Å². The van der Waals surface area contributed by atoms with Crippen molar-refractivity contribution in [2.75, 3.05) is 5.32 Å². The van der Waals surface area contributed by atoms with Gasteiger partial charge < -0.3 is 9.73 Å². The first-order chi connectivity index (χ1) is 14.2. The van der Waals surface area contributed by atoms with E-state index in [1.54, 1.807) is 11.0 Å². The van der Waals surface area contributed by atoms with Crippen LogP contribution in [0.2, 0.25) is 0 Å². The molecule has 1 N–H and O–H groups in total. The van der Waals surface area contributed by atoms with Gasteiger partial charge in [0, 0.05) is 5.69 Å². The number of rotatable bonds is 7.